The van der Waals surface area contributed by atoms with E-state index in [-0.39, 0.29) is 5.82 Å². The molecule has 0 spiro atoms. The van der Waals surface area contributed by atoms with Gasteiger partial charge in [-0.2, -0.15) is 0 Å². The van der Waals surface area contributed by atoms with Crippen molar-refractivity contribution in [1.29, 1.82) is 0 Å². The van der Waals surface area contributed by atoms with Gasteiger partial charge in [0.15, 0.2) is 0 Å². The van der Waals surface area contributed by atoms with E-state index in [4.69, 9.17) is 9.72 Å². The van der Waals surface area contributed by atoms with E-state index < -0.39 is 0 Å². The summed E-state index contributed by atoms with van der Waals surface area (Å²) in [5, 5.41) is 0. The molecule has 0 radical (unpaired) electrons. The fraction of sp³-hybridized carbons (Fsp3) is 0.143. The molecular formula is C21H18FN3OS. The van der Waals surface area contributed by atoms with Crippen molar-refractivity contribution in [3.05, 3.63) is 66.2 Å². The first-order chi connectivity index (χ1) is 13.1. The van der Waals surface area contributed by atoms with Crippen LogP contribution in [0.25, 0.3) is 28.3 Å². The van der Waals surface area contributed by atoms with Gasteiger partial charge in [0.2, 0.25) is 5.78 Å². The minimum atomic E-state index is -0.240. The third kappa shape index (κ3) is 3.17. The lowest BCUT2D eigenvalue weighted by atomic mass is 10.0. The van der Waals surface area contributed by atoms with Crippen molar-refractivity contribution in [2.24, 2.45) is 0 Å². The highest BCUT2D eigenvalue weighted by Gasteiger charge is 2.18. The van der Waals surface area contributed by atoms with Crippen LogP contribution in [0.1, 0.15) is 5.69 Å². The molecule has 0 amide bonds. The lowest BCUT2D eigenvalue weighted by Crippen LogP contribution is -1.94. The van der Waals surface area contributed by atoms with Crippen molar-refractivity contribution in [3.8, 4) is 28.3 Å². The molecule has 0 saturated carbocycles. The maximum Gasteiger partial charge on any atom is 0.235 e. The first-order valence-corrected chi connectivity index (χ1v) is 9.67. The summed E-state index contributed by atoms with van der Waals surface area (Å²) in [4.78, 5) is 9.88. The van der Waals surface area contributed by atoms with E-state index in [1.54, 1.807) is 19.2 Å². The maximum atomic E-state index is 14.5. The van der Waals surface area contributed by atoms with Crippen LogP contribution in [-0.2, 0) is 0 Å². The third-order valence-corrected chi connectivity index (χ3v) is 5.19. The molecule has 27 heavy (non-hydrogen) atoms. The molecule has 0 bridgehead atoms. The minimum Gasteiger partial charge on any atom is -0.497 e. The number of ether oxygens (including phenoxy) is 1. The van der Waals surface area contributed by atoms with E-state index in [0.717, 1.165) is 34.0 Å². The van der Waals surface area contributed by atoms with Crippen LogP contribution in [-0.4, -0.2) is 27.7 Å². The molecule has 0 unspecified atom stereocenters. The molecule has 4 rings (SSSR count). The van der Waals surface area contributed by atoms with Gasteiger partial charge < -0.3 is 4.74 Å². The van der Waals surface area contributed by atoms with Crippen LogP contribution in [0.2, 0.25) is 0 Å². The van der Waals surface area contributed by atoms with Crippen LogP contribution >= 0.6 is 11.8 Å². The van der Waals surface area contributed by atoms with Gasteiger partial charge >= 0.3 is 0 Å². The Morgan fingerprint density at radius 2 is 1.74 bits per heavy atom. The number of aromatic nitrogens is 3. The van der Waals surface area contributed by atoms with Gasteiger partial charge in [-0.1, -0.05) is 6.07 Å². The monoisotopic (exact) mass is 379 g/mol. The number of aryl methyl sites for hydroxylation is 1. The number of benzene rings is 2. The third-order valence-electron chi connectivity index (χ3n) is 4.42. The number of imidazole rings is 1. The first kappa shape index (κ1) is 17.5. The topological polar surface area (TPSA) is 39.4 Å². The molecule has 0 fully saturated rings. The lowest BCUT2D eigenvalue weighted by Gasteiger charge is -2.08. The predicted octanol–water partition coefficient (Wildman–Crippen LogP) is 5.24. The van der Waals surface area contributed by atoms with Crippen LogP contribution in [0.4, 0.5) is 4.39 Å². The van der Waals surface area contributed by atoms with Crippen LogP contribution < -0.4 is 4.74 Å². The zero-order valence-electron chi connectivity index (χ0n) is 15.2. The summed E-state index contributed by atoms with van der Waals surface area (Å²) in [5.41, 5.74) is 4.13. The number of halogens is 1. The van der Waals surface area contributed by atoms with Gasteiger partial charge in [0.1, 0.15) is 11.6 Å². The molecule has 0 saturated heterocycles. The molecule has 0 aliphatic carbocycles. The lowest BCUT2D eigenvalue weighted by molar-refractivity contribution is 0.415. The molecule has 4 aromatic rings. The highest BCUT2D eigenvalue weighted by atomic mass is 32.2. The Morgan fingerprint density at radius 1 is 1.00 bits per heavy atom. The van der Waals surface area contributed by atoms with Crippen LogP contribution in [0.5, 0.6) is 5.75 Å². The summed E-state index contributed by atoms with van der Waals surface area (Å²) in [6.07, 6.45) is 3.79. The molecule has 2 aromatic heterocycles. The van der Waals surface area contributed by atoms with E-state index in [2.05, 4.69) is 4.98 Å². The average Bonchev–Trinajstić information content (AvgIpc) is 3.06. The highest BCUT2D eigenvalue weighted by molar-refractivity contribution is 7.98. The average molecular weight is 379 g/mol. The smallest absolute Gasteiger partial charge is 0.235 e. The van der Waals surface area contributed by atoms with Crippen molar-refractivity contribution >= 4 is 17.5 Å². The van der Waals surface area contributed by atoms with E-state index >= 15 is 0 Å². The second-order valence-electron chi connectivity index (χ2n) is 6.13. The Kier molecular flexibility index (Phi) is 4.58. The zero-order valence-corrected chi connectivity index (χ0v) is 16.0. The van der Waals surface area contributed by atoms with Gasteiger partial charge in [0, 0.05) is 27.9 Å². The number of thioether (sulfide) groups is 1. The first-order valence-electron chi connectivity index (χ1n) is 8.44. The number of nitrogens with zero attached hydrogens (tertiary/aromatic N) is 3. The number of hydrogen-bond acceptors (Lipinski definition) is 4. The Morgan fingerprint density at radius 3 is 2.41 bits per heavy atom. The van der Waals surface area contributed by atoms with Crippen molar-refractivity contribution in [2.75, 3.05) is 13.4 Å². The van der Waals surface area contributed by atoms with E-state index in [1.807, 2.05) is 60.2 Å². The Labute approximate surface area is 161 Å². The fourth-order valence-corrected chi connectivity index (χ4v) is 3.52. The molecule has 0 N–H and O–H groups in total. The maximum absolute atomic E-state index is 14.5. The minimum absolute atomic E-state index is 0.240. The van der Waals surface area contributed by atoms with Gasteiger partial charge in [-0.25, -0.2) is 14.4 Å². The standard InChI is InChI=1S/C21H18FN3OS/c1-13-10-11-25-20(15-6-9-18(27-3)17(22)12-15)19(24-21(25)23-13)14-4-7-16(26-2)8-5-14/h4-12H,1-3H3. The fourth-order valence-electron chi connectivity index (χ4n) is 3.06. The van der Waals surface area contributed by atoms with Gasteiger partial charge in [-0.05, 0) is 55.6 Å². The van der Waals surface area contributed by atoms with Crippen LogP contribution in [0, 0.1) is 12.7 Å². The summed E-state index contributed by atoms with van der Waals surface area (Å²) in [6, 6.07) is 14.9. The molecule has 0 atom stereocenters. The number of hydrogen-bond donors (Lipinski definition) is 0. The van der Waals surface area contributed by atoms with E-state index in [0.29, 0.717) is 10.7 Å². The van der Waals surface area contributed by atoms with Gasteiger partial charge in [0.25, 0.3) is 0 Å². The number of fused-ring (bicyclic) bond motifs is 1. The summed E-state index contributed by atoms with van der Waals surface area (Å²) in [7, 11) is 1.63. The second kappa shape index (κ2) is 7.04. The van der Waals surface area contributed by atoms with Crippen molar-refractivity contribution < 1.29 is 9.13 Å². The molecule has 2 aromatic carbocycles. The molecule has 0 aliphatic rings. The summed E-state index contributed by atoms with van der Waals surface area (Å²) in [5.74, 6) is 1.12. The van der Waals surface area contributed by atoms with Crippen molar-refractivity contribution in [2.45, 2.75) is 11.8 Å². The zero-order chi connectivity index (χ0) is 19.0. The van der Waals surface area contributed by atoms with Crippen LogP contribution in [0.15, 0.2) is 59.6 Å². The van der Waals surface area contributed by atoms with Gasteiger partial charge in [-0.15, -0.1) is 11.8 Å². The second-order valence-corrected chi connectivity index (χ2v) is 6.97. The van der Waals surface area contributed by atoms with Gasteiger partial charge in [-0.3, -0.25) is 4.40 Å². The van der Waals surface area contributed by atoms with Gasteiger partial charge in [0.05, 0.1) is 18.5 Å². The summed E-state index contributed by atoms with van der Waals surface area (Å²) < 4.78 is 21.6. The molecule has 4 nitrogen and oxygen atoms in total. The SMILES string of the molecule is COc1ccc(-c2nc3nc(C)ccn3c2-c2ccc(SC)c(F)c2)cc1. The molecular weight excluding hydrogens is 361 g/mol. The quantitative estimate of drug-likeness (QED) is 0.455. The number of rotatable bonds is 4. The number of methoxy groups -OCH3 is 1. The Balaban J connectivity index is 1.97. The van der Waals surface area contributed by atoms with E-state index in [9.17, 15) is 4.39 Å². The van der Waals surface area contributed by atoms with Crippen molar-refractivity contribution in [1.82, 2.24) is 14.4 Å². The highest BCUT2D eigenvalue weighted by Crippen LogP contribution is 2.34. The van der Waals surface area contributed by atoms with E-state index in [1.165, 1.54) is 11.8 Å². The molecule has 6 heteroatoms. The Bertz CT molecular complexity index is 1120. The summed E-state index contributed by atoms with van der Waals surface area (Å²) >= 11 is 1.39. The molecule has 2 heterocycles. The largest absolute Gasteiger partial charge is 0.497 e. The Hall–Kier alpha value is -2.86. The summed E-state index contributed by atoms with van der Waals surface area (Å²) in [6.45, 7) is 1.92. The molecule has 136 valence electrons. The molecule has 0 aliphatic heterocycles. The van der Waals surface area contributed by atoms with Crippen molar-refractivity contribution in [3.63, 3.8) is 0 Å². The normalized spacial score (nSPS) is 11.1. The van der Waals surface area contributed by atoms with Crippen LogP contribution in [0.3, 0.4) is 0 Å². The predicted molar refractivity (Wildman–Crippen MR) is 107 cm³/mol.